The summed E-state index contributed by atoms with van der Waals surface area (Å²) in [5.74, 6) is -1.84. The van der Waals surface area contributed by atoms with Crippen LogP contribution in [0.4, 0.5) is 0 Å². The van der Waals surface area contributed by atoms with Gasteiger partial charge in [0.25, 0.3) is 17.7 Å². The first-order chi connectivity index (χ1) is 17.6. The van der Waals surface area contributed by atoms with Crippen molar-refractivity contribution in [3.05, 3.63) is 143 Å². The first-order valence-corrected chi connectivity index (χ1v) is 11.7. The van der Waals surface area contributed by atoms with Gasteiger partial charge in [0.15, 0.2) is 0 Å². The summed E-state index contributed by atoms with van der Waals surface area (Å²) in [6.07, 6.45) is 0.0680. The molecule has 0 aromatic heterocycles. The zero-order valence-electron chi connectivity index (χ0n) is 19.4. The van der Waals surface area contributed by atoms with Crippen molar-refractivity contribution in [3.8, 4) is 0 Å². The van der Waals surface area contributed by atoms with Crippen molar-refractivity contribution < 1.29 is 19.6 Å². The van der Waals surface area contributed by atoms with Gasteiger partial charge in [-0.1, -0.05) is 103 Å². The number of benzene rings is 4. The van der Waals surface area contributed by atoms with Crippen molar-refractivity contribution in [1.29, 1.82) is 0 Å². The first kappa shape index (κ1) is 23.2. The topological polar surface area (TPSA) is 77.9 Å². The normalized spacial score (nSPS) is 13.6. The summed E-state index contributed by atoms with van der Waals surface area (Å²) in [7, 11) is 0. The SMILES string of the molecule is O=C(C(Cc1ccccc1)N1C(=O)c2ccccc2C1=O)N(O)C(c1ccccc1)c1ccccc1. The van der Waals surface area contributed by atoms with Crippen molar-refractivity contribution in [1.82, 2.24) is 9.96 Å². The van der Waals surface area contributed by atoms with Crippen LogP contribution >= 0.6 is 0 Å². The molecule has 1 unspecified atom stereocenters. The van der Waals surface area contributed by atoms with Gasteiger partial charge in [0.05, 0.1) is 11.1 Å². The maximum absolute atomic E-state index is 14.0. The Hall–Kier alpha value is -4.55. The molecule has 0 bridgehead atoms. The molecule has 1 atom stereocenters. The van der Waals surface area contributed by atoms with Crippen molar-refractivity contribution in [2.24, 2.45) is 0 Å². The fraction of sp³-hybridized carbons (Fsp3) is 0.100. The molecule has 0 saturated heterocycles. The minimum Gasteiger partial charge on any atom is -0.285 e. The van der Waals surface area contributed by atoms with E-state index in [4.69, 9.17) is 0 Å². The summed E-state index contributed by atoms with van der Waals surface area (Å²) < 4.78 is 0. The second-order valence-electron chi connectivity index (χ2n) is 8.64. The van der Waals surface area contributed by atoms with E-state index in [0.29, 0.717) is 16.2 Å². The van der Waals surface area contributed by atoms with Crippen molar-refractivity contribution in [2.75, 3.05) is 0 Å². The lowest BCUT2D eigenvalue weighted by atomic mass is 9.96. The number of rotatable bonds is 7. The maximum atomic E-state index is 14.0. The number of carbonyl (C=O) groups excluding carboxylic acids is 3. The number of nitrogens with zero attached hydrogens (tertiary/aromatic N) is 2. The minimum absolute atomic E-state index is 0.0680. The zero-order chi connectivity index (χ0) is 25.1. The molecule has 1 aliphatic heterocycles. The Morgan fingerprint density at radius 3 is 1.56 bits per heavy atom. The summed E-state index contributed by atoms with van der Waals surface area (Å²) >= 11 is 0. The average Bonchev–Trinajstić information content (AvgIpc) is 3.18. The maximum Gasteiger partial charge on any atom is 0.270 e. The minimum atomic E-state index is -1.24. The van der Waals surface area contributed by atoms with Gasteiger partial charge >= 0.3 is 0 Å². The third kappa shape index (κ3) is 4.30. The Morgan fingerprint density at radius 1 is 0.667 bits per heavy atom. The van der Waals surface area contributed by atoms with Crippen LogP contribution < -0.4 is 0 Å². The molecule has 0 fully saturated rings. The summed E-state index contributed by atoms with van der Waals surface area (Å²) in [5.41, 5.74) is 2.65. The molecule has 0 aliphatic carbocycles. The second kappa shape index (κ2) is 9.98. The van der Waals surface area contributed by atoms with E-state index in [0.717, 1.165) is 10.5 Å². The summed E-state index contributed by atoms with van der Waals surface area (Å²) in [6.45, 7) is 0. The monoisotopic (exact) mass is 476 g/mol. The van der Waals surface area contributed by atoms with Crippen LogP contribution in [0.15, 0.2) is 115 Å². The van der Waals surface area contributed by atoms with E-state index < -0.39 is 29.8 Å². The molecule has 0 radical (unpaired) electrons. The van der Waals surface area contributed by atoms with Gasteiger partial charge < -0.3 is 0 Å². The molecular formula is C30H24N2O4. The molecule has 0 saturated carbocycles. The van der Waals surface area contributed by atoms with Crippen LogP contribution in [0, 0.1) is 0 Å². The molecule has 6 nitrogen and oxygen atoms in total. The fourth-order valence-electron chi connectivity index (χ4n) is 4.64. The van der Waals surface area contributed by atoms with Crippen LogP contribution in [0.5, 0.6) is 0 Å². The molecule has 4 aromatic rings. The summed E-state index contributed by atoms with van der Waals surface area (Å²) in [6, 6.07) is 31.9. The molecule has 0 spiro atoms. The van der Waals surface area contributed by atoms with Gasteiger partial charge in [0, 0.05) is 6.42 Å². The van der Waals surface area contributed by atoms with E-state index in [1.807, 2.05) is 91.0 Å². The summed E-state index contributed by atoms with van der Waals surface area (Å²) in [4.78, 5) is 41.6. The molecule has 5 rings (SSSR count). The second-order valence-corrected chi connectivity index (χ2v) is 8.64. The van der Waals surface area contributed by atoms with Crippen molar-refractivity contribution >= 4 is 17.7 Å². The number of hydrogen-bond acceptors (Lipinski definition) is 4. The third-order valence-corrected chi connectivity index (χ3v) is 6.40. The van der Waals surface area contributed by atoms with Crippen LogP contribution in [0.25, 0.3) is 0 Å². The Balaban J connectivity index is 1.56. The Morgan fingerprint density at radius 2 is 1.08 bits per heavy atom. The number of imide groups is 1. The molecule has 1 heterocycles. The van der Waals surface area contributed by atoms with Gasteiger partial charge in [0.1, 0.15) is 12.1 Å². The fourth-order valence-corrected chi connectivity index (χ4v) is 4.64. The van der Waals surface area contributed by atoms with Gasteiger partial charge in [-0.2, -0.15) is 0 Å². The van der Waals surface area contributed by atoms with Gasteiger partial charge in [-0.25, -0.2) is 5.06 Å². The quantitative estimate of drug-likeness (QED) is 0.234. The van der Waals surface area contributed by atoms with Gasteiger partial charge in [-0.05, 0) is 28.8 Å². The predicted molar refractivity (Wildman–Crippen MR) is 134 cm³/mol. The van der Waals surface area contributed by atoms with E-state index in [9.17, 15) is 19.6 Å². The van der Waals surface area contributed by atoms with E-state index >= 15 is 0 Å². The predicted octanol–water partition coefficient (Wildman–Crippen LogP) is 4.90. The third-order valence-electron chi connectivity index (χ3n) is 6.40. The van der Waals surface area contributed by atoms with E-state index in [2.05, 4.69) is 0 Å². The Kier molecular flexibility index (Phi) is 6.43. The van der Waals surface area contributed by atoms with E-state index in [1.165, 1.54) is 0 Å². The average molecular weight is 477 g/mol. The highest BCUT2D eigenvalue weighted by Crippen LogP contribution is 2.31. The largest absolute Gasteiger partial charge is 0.285 e. The highest BCUT2D eigenvalue weighted by Gasteiger charge is 2.45. The molecule has 178 valence electrons. The van der Waals surface area contributed by atoms with E-state index in [1.54, 1.807) is 24.3 Å². The van der Waals surface area contributed by atoms with Crippen molar-refractivity contribution in [2.45, 2.75) is 18.5 Å². The Labute approximate surface area is 209 Å². The smallest absolute Gasteiger partial charge is 0.270 e. The Bertz CT molecular complexity index is 1320. The summed E-state index contributed by atoms with van der Waals surface area (Å²) in [5, 5.41) is 12.1. The van der Waals surface area contributed by atoms with Gasteiger partial charge in [-0.15, -0.1) is 0 Å². The van der Waals surface area contributed by atoms with Crippen LogP contribution in [0.2, 0.25) is 0 Å². The molecule has 6 heteroatoms. The number of fused-ring (bicyclic) bond motifs is 1. The molecule has 1 N–H and O–H groups in total. The molecule has 1 aliphatic rings. The van der Waals surface area contributed by atoms with Crippen LogP contribution in [-0.4, -0.2) is 38.9 Å². The lowest BCUT2D eigenvalue weighted by Crippen LogP contribution is -2.52. The standard InChI is InChI=1S/C30H24N2O4/c33-28-24-18-10-11-19-25(24)29(34)31(28)26(20-21-12-4-1-5-13-21)30(35)32(36)27(22-14-6-2-7-15-22)23-16-8-3-9-17-23/h1-19,26-27,36H,20H2. The van der Waals surface area contributed by atoms with Crippen LogP contribution in [-0.2, 0) is 11.2 Å². The van der Waals surface area contributed by atoms with Crippen LogP contribution in [0.1, 0.15) is 43.4 Å². The molecular weight excluding hydrogens is 452 g/mol. The number of carbonyl (C=O) groups is 3. The zero-order valence-corrected chi connectivity index (χ0v) is 19.4. The number of hydrogen-bond donors (Lipinski definition) is 1. The van der Waals surface area contributed by atoms with Crippen molar-refractivity contribution in [3.63, 3.8) is 0 Å². The highest BCUT2D eigenvalue weighted by atomic mass is 16.5. The number of amides is 3. The number of hydroxylamine groups is 2. The highest BCUT2D eigenvalue weighted by molar-refractivity contribution is 6.22. The lowest BCUT2D eigenvalue weighted by molar-refractivity contribution is -0.177. The van der Waals surface area contributed by atoms with Crippen LogP contribution in [0.3, 0.4) is 0 Å². The molecule has 36 heavy (non-hydrogen) atoms. The molecule has 3 amide bonds. The molecule has 4 aromatic carbocycles. The first-order valence-electron chi connectivity index (χ1n) is 11.7. The van der Waals surface area contributed by atoms with Gasteiger partial charge in [0.2, 0.25) is 0 Å². The lowest BCUT2D eigenvalue weighted by Gasteiger charge is -2.33. The van der Waals surface area contributed by atoms with Gasteiger partial charge in [-0.3, -0.25) is 24.5 Å². The van der Waals surface area contributed by atoms with E-state index in [-0.39, 0.29) is 17.5 Å².